The summed E-state index contributed by atoms with van der Waals surface area (Å²) in [6, 6.07) is 17.2. The van der Waals surface area contributed by atoms with E-state index in [1.165, 1.54) is 23.6 Å². The molecule has 4 rings (SSSR count). The standard InChI is InChI=1S/C11H10N2O5S.C11H11N/c1-6-4-10(19(16,17)18)9-5-7(13(14)15)2-3-8(9)11(6)12;1-8-6-7-9-4-2-3-5-10(9)11(8)12/h2-5H,12H2,1H3,(H,16,17,18);2-7H,12H2,1H3. The second kappa shape index (κ2) is 8.21. The highest BCUT2D eigenvalue weighted by molar-refractivity contribution is 7.86. The first-order valence-corrected chi connectivity index (χ1v) is 10.6. The summed E-state index contributed by atoms with van der Waals surface area (Å²) in [5, 5.41) is 13.5. The van der Waals surface area contributed by atoms with Crippen LogP contribution in [0, 0.1) is 24.0 Å². The Hall–Kier alpha value is -3.69. The number of anilines is 2. The molecule has 160 valence electrons. The maximum atomic E-state index is 11.3. The molecule has 0 aliphatic rings. The minimum absolute atomic E-state index is 0.0276. The number of hydrogen-bond acceptors (Lipinski definition) is 6. The van der Waals surface area contributed by atoms with Crippen LogP contribution in [0.15, 0.2) is 65.6 Å². The van der Waals surface area contributed by atoms with Crippen LogP contribution in [0.25, 0.3) is 21.5 Å². The molecule has 0 aromatic heterocycles. The first-order chi connectivity index (χ1) is 14.5. The first-order valence-electron chi connectivity index (χ1n) is 9.19. The Balaban J connectivity index is 0.000000194. The number of nitrogens with two attached hydrogens (primary N) is 2. The second-order valence-corrected chi connectivity index (χ2v) is 8.47. The number of nitro groups is 1. The van der Waals surface area contributed by atoms with Crippen LogP contribution in [-0.4, -0.2) is 17.9 Å². The lowest BCUT2D eigenvalue weighted by Gasteiger charge is -2.09. The SMILES string of the molecule is Cc1cc(S(=O)(=O)O)c2cc([N+](=O)[O-])ccc2c1N.Cc1ccc2ccccc2c1N. The molecule has 0 saturated heterocycles. The molecule has 0 atom stereocenters. The average Bonchev–Trinajstić information content (AvgIpc) is 2.73. The number of nitrogen functional groups attached to an aromatic ring is 2. The third kappa shape index (κ3) is 4.42. The number of benzene rings is 4. The number of nitro benzene ring substituents is 1. The molecule has 0 amide bonds. The van der Waals surface area contributed by atoms with E-state index in [0.29, 0.717) is 16.6 Å². The van der Waals surface area contributed by atoms with Crippen molar-refractivity contribution < 1.29 is 17.9 Å². The summed E-state index contributed by atoms with van der Waals surface area (Å²) in [4.78, 5) is 9.68. The normalized spacial score (nSPS) is 11.2. The zero-order valence-corrected chi connectivity index (χ0v) is 17.7. The predicted molar refractivity (Wildman–Crippen MR) is 123 cm³/mol. The van der Waals surface area contributed by atoms with E-state index in [-0.39, 0.29) is 11.1 Å². The molecule has 4 aromatic rings. The molecule has 0 aliphatic heterocycles. The van der Waals surface area contributed by atoms with Gasteiger partial charge in [-0.05, 0) is 42.5 Å². The van der Waals surface area contributed by atoms with Gasteiger partial charge in [0, 0.05) is 39.7 Å². The van der Waals surface area contributed by atoms with Gasteiger partial charge in [0.2, 0.25) is 0 Å². The van der Waals surface area contributed by atoms with Crippen LogP contribution in [0.3, 0.4) is 0 Å². The Morgan fingerprint density at radius 2 is 1.48 bits per heavy atom. The number of rotatable bonds is 2. The quantitative estimate of drug-likeness (QED) is 0.178. The molecule has 8 nitrogen and oxygen atoms in total. The van der Waals surface area contributed by atoms with Gasteiger partial charge < -0.3 is 11.5 Å². The average molecular weight is 439 g/mol. The number of nitrogens with zero attached hydrogens (tertiary/aromatic N) is 1. The van der Waals surface area contributed by atoms with Crippen LogP contribution < -0.4 is 11.5 Å². The molecule has 0 heterocycles. The van der Waals surface area contributed by atoms with Gasteiger partial charge >= 0.3 is 0 Å². The molecule has 0 fully saturated rings. The van der Waals surface area contributed by atoms with Gasteiger partial charge in [-0.2, -0.15) is 8.42 Å². The summed E-state index contributed by atoms with van der Waals surface area (Å²) in [5.41, 5.74) is 14.3. The summed E-state index contributed by atoms with van der Waals surface area (Å²) in [6.07, 6.45) is 0. The Morgan fingerprint density at radius 1 is 0.839 bits per heavy atom. The molecule has 0 unspecified atom stereocenters. The molecular weight excluding hydrogens is 418 g/mol. The van der Waals surface area contributed by atoms with Gasteiger partial charge in [-0.3, -0.25) is 14.7 Å². The predicted octanol–water partition coefficient (Wildman–Crippen LogP) is 4.62. The smallest absolute Gasteiger partial charge is 0.295 e. The van der Waals surface area contributed by atoms with Gasteiger partial charge in [0.15, 0.2) is 0 Å². The Labute approximate surface area is 179 Å². The van der Waals surface area contributed by atoms with E-state index in [1.54, 1.807) is 6.92 Å². The highest BCUT2D eigenvalue weighted by Gasteiger charge is 2.19. The fourth-order valence-electron chi connectivity index (χ4n) is 3.27. The van der Waals surface area contributed by atoms with Crippen LogP contribution >= 0.6 is 0 Å². The minimum Gasteiger partial charge on any atom is -0.398 e. The van der Waals surface area contributed by atoms with E-state index < -0.39 is 19.9 Å². The lowest BCUT2D eigenvalue weighted by Crippen LogP contribution is -2.03. The molecule has 0 radical (unpaired) electrons. The summed E-state index contributed by atoms with van der Waals surface area (Å²) in [7, 11) is -4.49. The van der Waals surface area contributed by atoms with Crippen molar-refractivity contribution in [2.24, 2.45) is 0 Å². The van der Waals surface area contributed by atoms with Crippen molar-refractivity contribution in [2.45, 2.75) is 18.7 Å². The zero-order chi connectivity index (χ0) is 22.9. The van der Waals surface area contributed by atoms with Crippen LogP contribution in [0.4, 0.5) is 17.1 Å². The highest BCUT2D eigenvalue weighted by atomic mass is 32.2. The largest absolute Gasteiger partial charge is 0.398 e. The fraction of sp³-hybridized carbons (Fsp3) is 0.0909. The monoisotopic (exact) mass is 439 g/mol. The molecule has 9 heteroatoms. The lowest BCUT2D eigenvalue weighted by atomic mass is 10.0. The number of non-ortho nitro benzene ring substituents is 1. The highest BCUT2D eigenvalue weighted by Crippen LogP contribution is 2.33. The van der Waals surface area contributed by atoms with Crippen LogP contribution in [0.2, 0.25) is 0 Å². The molecule has 31 heavy (non-hydrogen) atoms. The second-order valence-electron chi connectivity index (χ2n) is 7.08. The van der Waals surface area contributed by atoms with Crippen molar-refractivity contribution >= 4 is 48.7 Å². The van der Waals surface area contributed by atoms with Crippen molar-refractivity contribution in [3.63, 3.8) is 0 Å². The van der Waals surface area contributed by atoms with Gasteiger partial charge in [0.25, 0.3) is 15.8 Å². The van der Waals surface area contributed by atoms with E-state index in [2.05, 4.69) is 24.3 Å². The van der Waals surface area contributed by atoms with Crippen molar-refractivity contribution in [1.29, 1.82) is 0 Å². The van der Waals surface area contributed by atoms with Gasteiger partial charge in [-0.1, -0.05) is 36.4 Å². The summed E-state index contributed by atoms with van der Waals surface area (Å²) >= 11 is 0. The minimum atomic E-state index is -4.49. The fourth-order valence-corrected chi connectivity index (χ4v) is 4.04. The summed E-state index contributed by atoms with van der Waals surface area (Å²) in [5.74, 6) is 0. The molecular formula is C22H21N3O5S. The summed E-state index contributed by atoms with van der Waals surface area (Å²) < 4.78 is 31.9. The molecule has 4 aromatic carbocycles. The maximum Gasteiger partial charge on any atom is 0.295 e. The van der Waals surface area contributed by atoms with E-state index in [1.807, 2.05) is 19.1 Å². The first kappa shape index (κ1) is 22.0. The van der Waals surface area contributed by atoms with Crippen LogP contribution in [-0.2, 0) is 10.1 Å². The molecule has 0 spiro atoms. The van der Waals surface area contributed by atoms with Gasteiger partial charge in [0.1, 0.15) is 4.90 Å². The van der Waals surface area contributed by atoms with Crippen molar-refractivity contribution in [3.05, 3.63) is 81.9 Å². The Bertz CT molecular complexity index is 1430. The Kier molecular flexibility index (Phi) is 5.83. The van der Waals surface area contributed by atoms with Gasteiger partial charge in [-0.25, -0.2) is 0 Å². The Morgan fingerprint density at radius 3 is 2.13 bits per heavy atom. The number of aryl methyl sites for hydroxylation is 2. The molecule has 0 saturated carbocycles. The topological polar surface area (TPSA) is 150 Å². The van der Waals surface area contributed by atoms with Crippen LogP contribution in [0.5, 0.6) is 0 Å². The molecule has 0 bridgehead atoms. The molecule has 0 aliphatic carbocycles. The van der Waals surface area contributed by atoms with Gasteiger partial charge in [-0.15, -0.1) is 0 Å². The van der Waals surface area contributed by atoms with Crippen molar-refractivity contribution in [3.8, 4) is 0 Å². The number of fused-ring (bicyclic) bond motifs is 2. The van der Waals surface area contributed by atoms with Gasteiger partial charge in [0.05, 0.1) is 4.92 Å². The third-order valence-corrected chi connectivity index (χ3v) is 5.90. The molecule has 5 N–H and O–H groups in total. The maximum absolute atomic E-state index is 11.3. The van der Waals surface area contributed by atoms with E-state index >= 15 is 0 Å². The van der Waals surface area contributed by atoms with E-state index in [9.17, 15) is 23.1 Å². The summed E-state index contributed by atoms with van der Waals surface area (Å²) in [6.45, 7) is 3.62. The van der Waals surface area contributed by atoms with Crippen molar-refractivity contribution in [1.82, 2.24) is 0 Å². The van der Waals surface area contributed by atoms with Crippen molar-refractivity contribution in [2.75, 3.05) is 11.5 Å². The van der Waals surface area contributed by atoms with E-state index in [4.69, 9.17) is 11.5 Å². The van der Waals surface area contributed by atoms with E-state index in [0.717, 1.165) is 22.7 Å². The zero-order valence-electron chi connectivity index (χ0n) is 16.9. The van der Waals surface area contributed by atoms with Crippen LogP contribution in [0.1, 0.15) is 11.1 Å². The number of hydrogen-bond donors (Lipinski definition) is 3. The third-order valence-electron chi connectivity index (χ3n) is 5.01. The lowest BCUT2D eigenvalue weighted by molar-refractivity contribution is -0.384.